The van der Waals surface area contributed by atoms with Crippen molar-refractivity contribution in [2.75, 3.05) is 17.1 Å². The Morgan fingerprint density at radius 2 is 1.64 bits per heavy atom. The van der Waals surface area contributed by atoms with Gasteiger partial charge in [0, 0.05) is 11.4 Å². The second-order valence-corrected chi connectivity index (χ2v) is 7.75. The molecule has 0 spiro atoms. The molecule has 28 heavy (non-hydrogen) atoms. The predicted octanol–water partition coefficient (Wildman–Crippen LogP) is 4.42. The summed E-state index contributed by atoms with van der Waals surface area (Å²) >= 11 is 0. The molecule has 3 aromatic carbocycles. The summed E-state index contributed by atoms with van der Waals surface area (Å²) in [7, 11) is -2.19. The van der Waals surface area contributed by atoms with Gasteiger partial charge >= 0.3 is 0 Å². The molecule has 0 aromatic heterocycles. The van der Waals surface area contributed by atoms with Gasteiger partial charge in [-0.3, -0.25) is 4.72 Å². The van der Waals surface area contributed by atoms with Gasteiger partial charge in [0.15, 0.2) is 0 Å². The number of nitriles is 1. The highest BCUT2D eigenvalue weighted by molar-refractivity contribution is 7.92. The van der Waals surface area contributed by atoms with E-state index in [-0.39, 0.29) is 4.90 Å². The minimum atomic E-state index is -3.72. The number of sulfonamides is 1. The van der Waals surface area contributed by atoms with Crippen LogP contribution in [0.25, 0.3) is 0 Å². The summed E-state index contributed by atoms with van der Waals surface area (Å²) in [5.41, 5.74) is 2.99. The predicted molar refractivity (Wildman–Crippen MR) is 109 cm³/mol. The van der Waals surface area contributed by atoms with Crippen molar-refractivity contribution < 1.29 is 13.2 Å². The van der Waals surface area contributed by atoms with Crippen LogP contribution in [-0.2, 0) is 10.0 Å². The second kappa shape index (κ2) is 8.03. The van der Waals surface area contributed by atoms with E-state index in [2.05, 4.69) is 16.1 Å². The van der Waals surface area contributed by atoms with E-state index in [0.717, 1.165) is 5.69 Å². The average molecular weight is 393 g/mol. The van der Waals surface area contributed by atoms with Gasteiger partial charge in [-0.2, -0.15) is 5.26 Å². The highest BCUT2D eigenvalue weighted by Crippen LogP contribution is 2.25. The number of benzene rings is 3. The Morgan fingerprint density at radius 3 is 2.29 bits per heavy atom. The quantitative estimate of drug-likeness (QED) is 0.647. The van der Waals surface area contributed by atoms with Crippen LogP contribution in [0.5, 0.6) is 5.75 Å². The van der Waals surface area contributed by atoms with Crippen molar-refractivity contribution in [1.29, 1.82) is 5.26 Å². The van der Waals surface area contributed by atoms with Crippen LogP contribution in [0.3, 0.4) is 0 Å². The lowest BCUT2D eigenvalue weighted by Crippen LogP contribution is -2.14. The maximum Gasteiger partial charge on any atom is 0.262 e. The zero-order chi connectivity index (χ0) is 20.1. The van der Waals surface area contributed by atoms with E-state index in [4.69, 9.17) is 10.00 Å². The van der Waals surface area contributed by atoms with Gasteiger partial charge in [-0.05, 0) is 67.1 Å². The molecule has 0 radical (unpaired) electrons. The Labute approximate surface area is 164 Å². The van der Waals surface area contributed by atoms with Gasteiger partial charge in [0.05, 0.1) is 23.3 Å². The van der Waals surface area contributed by atoms with Crippen molar-refractivity contribution in [1.82, 2.24) is 0 Å². The molecule has 6 nitrogen and oxygen atoms in total. The highest BCUT2D eigenvalue weighted by Gasteiger charge is 2.17. The number of rotatable bonds is 6. The molecule has 0 aliphatic rings. The summed E-state index contributed by atoms with van der Waals surface area (Å²) in [5.74, 6) is 0.601. The van der Waals surface area contributed by atoms with Crippen LogP contribution in [0.2, 0.25) is 0 Å². The van der Waals surface area contributed by atoms with E-state index in [1.807, 2.05) is 12.1 Å². The van der Waals surface area contributed by atoms with Crippen molar-refractivity contribution in [3.05, 3.63) is 77.9 Å². The molecule has 2 N–H and O–H groups in total. The van der Waals surface area contributed by atoms with Gasteiger partial charge in [-0.1, -0.05) is 12.1 Å². The van der Waals surface area contributed by atoms with Crippen LogP contribution in [-0.4, -0.2) is 15.5 Å². The molecule has 0 fully saturated rings. The monoisotopic (exact) mass is 393 g/mol. The molecule has 3 rings (SSSR count). The van der Waals surface area contributed by atoms with Crippen LogP contribution in [0.4, 0.5) is 17.1 Å². The van der Waals surface area contributed by atoms with Crippen LogP contribution >= 0.6 is 0 Å². The SMILES string of the molecule is COc1ccc(S(=O)(=O)Nc2ccc(Nc3ccccc3C#N)cc2)c(C)c1. The van der Waals surface area contributed by atoms with Crippen molar-refractivity contribution in [2.45, 2.75) is 11.8 Å². The fourth-order valence-corrected chi connectivity index (χ4v) is 4.01. The molecular formula is C21H19N3O3S. The molecule has 0 bridgehead atoms. The van der Waals surface area contributed by atoms with E-state index >= 15 is 0 Å². The van der Waals surface area contributed by atoms with Crippen molar-refractivity contribution in [3.63, 3.8) is 0 Å². The number of nitrogens with zero attached hydrogens (tertiary/aromatic N) is 1. The van der Waals surface area contributed by atoms with E-state index < -0.39 is 10.0 Å². The number of para-hydroxylation sites is 1. The first-order valence-corrected chi connectivity index (χ1v) is 9.95. The number of ether oxygens (including phenoxy) is 1. The van der Waals surface area contributed by atoms with Crippen LogP contribution in [0, 0.1) is 18.3 Å². The third-order valence-corrected chi connectivity index (χ3v) is 5.68. The highest BCUT2D eigenvalue weighted by atomic mass is 32.2. The normalized spacial score (nSPS) is 10.8. The van der Waals surface area contributed by atoms with Crippen LogP contribution < -0.4 is 14.8 Å². The summed E-state index contributed by atoms with van der Waals surface area (Å²) in [5, 5.41) is 12.3. The van der Waals surface area contributed by atoms with E-state index in [1.165, 1.54) is 13.2 Å². The smallest absolute Gasteiger partial charge is 0.262 e. The summed E-state index contributed by atoms with van der Waals surface area (Å²) in [4.78, 5) is 0.193. The first-order chi connectivity index (χ1) is 13.4. The largest absolute Gasteiger partial charge is 0.497 e. The van der Waals surface area contributed by atoms with Crippen molar-refractivity contribution in [2.24, 2.45) is 0 Å². The Hall–Kier alpha value is -3.50. The first kappa shape index (κ1) is 19.3. The Bertz CT molecular complexity index is 1130. The summed E-state index contributed by atoms with van der Waals surface area (Å²) in [6, 6.07) is 20.9. The van der Waals surface area contributed by atoms with Gasteiger partial charge in [0.2, 0.25) is 0 Å². The zero-order valence-electron chi connectivity index (χ0n) is 15.4. The molecule has 3 aromatic rings. The molecule has 0 unspecified atom stereocenters. The number of hydrogen-bond donors (Lipinski definition) is 2. The van der Waals surface area contributed by atoms with E-state index in [0.29, 0.717) is 28.3 Å². The number of aryl methyl sites for hydroxylation is 1. The molecule has 142 valence electrons. The molecule has 0 amide bonds. The second-order valence-electron chi connectivity index (χ2n) is 6.10. The van der Waals surface area contributed by atoms with Gasteiger partial charge in [0.1, 0.15) is 11.8 Å². The number of anilines is 3. The lowest BCUT2D eigenvalue weighted by molar-refractivity contribution is 0.414. The first-order valence-electron chi connectivity index (χ1n) is 8.46. The Kier molecular flexibility index (Phi) is 5.52. The lowest BCUT2D eigenvalue weighted by Gasteiger charge is -2.12. The standard InChI is InChI=1S/C21H19N3O3S/c1-15-13-19(27-2)11-12-21(15)28(25,26)24-18-9-7-17(8-10-18)23-20-6-4-3-5-16(20)14-22/h3-13,23-24H,1-2H3. The molecule has 7 heteroatoms. The van der Waals surface area contributed by atoms with E-state index in [9.17, 15) is 8.42 Å². The lowest BCUT2D eigenvalue weighted by atomic mass is 10.2. The zero-order valence-corrected chi connectivity index (χ0v) is 16.2. The van der Waals surface area contributed by atoms with Gasteiger partial charge in [-0.25, -0.2) is 8.42 Å². The molecule has 0 saturated heterocycles. The molecule has 0 heterocycles. The number of methoxy groups -OCH3 is 1. The Morgan fingerprint density at radius 1 is 0.964 bits per heavy atom. The number of nitrogens with one attached hydrogen (secondary N) is 2. The van der Waals surface area contributed by atoms with Crippen LogP contribution in [0.1, 0.15) is 11.1 Å². The third kappa shape index (κ3) is 4.24. The fourth-order valence-electron chi connectivity index (χ4n) is 2.73. The summed E-state index contributed by atoms with van der Waals surface area (Å²) in [6.45, 7) is 1.72. The Balaban J connectivity index is 1.78. The maximum absolute atomic E-state index is 12.7. The minimum absolute atomic E-state index is 0.193. The average Bonchev–Trinajstić information content (AvgIpc) is 2.69. The van der Waals surface area contributed by atoms with Crippen molar-refractivity contribution >= 4 is 27.1 Å². The fraction of sp³-hybridized carbons (Fsp3) is 0.0952. The maximum atomic E-state index is 12.7. The molecule has 0 aliphatic carbocycles. The van der Waals surface area contributed by atoms with E-state index in [1.54, 1.807) is 55.5 Å². The molecule has 0 atom stereocenters. The van der Waals surface area contributed by atoms with Crippen molar-refractivity contribution in [3.8, 4) is 11.8 Å². The van der Waals surface area contributed by atoms with Gasteiger partial charge < -0.3 is 10.1 Å². The number of hydrogen-bond acceptors (Lipinski definition) is 5. The van der Waals surface area contributed by atoms with Gasteiger partial charge in [-0.15, -0.1) is 0 Å². The van der Waals surface area contributed by atoms with Gasteiger partial charge in [0.25, 0.3) is 10.0 Å². The van der Waals surface area contributed by atoms with Crippen LogP contribution in [0.15, 0.2) is 71.6 Å². The molecular weight excluding hydrogens is 374 g/mol. The topological polar surface area (TPSA) is 91.2 Å². The minimum Gasteiger partial charge on any atom is -0.497 e. The third-order valence-electron chi connectivity index (χ3n) is 4.14. The molecule has 0 saturated carbocycles. The summed E-state index contributed by atoms with van der Waals surface area (Å²) in [6.07, 6.45) is 0. The summed E-state index contributed by atoms with van der Waals surface area (Å²) < 4.78 is 33.1. The molecule has 0 aliphatic heterocycles.